The molecule has 7 heteroatoms. The van der Waals surface area contributed by atoms with Crippen molar-refractivity contribution in [1.29, 1.82) is 0 Å². The molecular formula is C16H14N4O3. The largest absolute Gasteiger partial charge is 0.478 e. The Kier molecular flexibility index (Phi) is 3.76. The first-order valence-corrected chi connectivity index (χ1v) is 7.07. The van der Waals surface area contributed by atoms with Gasteiger partial charge in [-0.15, -0.1) is 10.2 Å². The Bertz CT molecular complexity index is 901. The van der Waals surface area contributed by atoms with Crippen molar-refractivity contribution in [3.8, 4) is 0 Å². The van der Waals surface area contributed by atoms with E-state index in [1.165, 1.54) is 12.1 Å². The van der Waals surface area contributed by atoms with Gasteiger partial charge in [0.2, 0.25) is 0 Å². The molecule has 0 unspecified atom stereocenters. The lowest BCUT2D eigenvalue weighted by Gasteiger charge is -2.07. The molecule has 0 bridgehead atoms. The first kappa shape index (κ1) is 14.7. The number of carboxylic acids is 1. The fourth-order valence-electron chi connectivity index (χ4n) is 2.25. The Balaban J connectivity index is 1.88. The maximum atomic E-state index is 12.3. The molecule has 1 aromatic carbocycles. The first-order valence-electron chi connectivity index (χ1n) is 7.07. The zero-order chi connectivity index (χ0) is 16.4. The molecule has 0 saturated carbocycles. The van der Waals surface area contributed by atoms with Crippen molar-refractivity contribution in [3.05, 3.63) is 59.5 Å². The zero-order valence-electron chi connectivity index (χ0n) is 12.4. The Morgan fingerprint density at radius 2 is 2.00 bits per heavy atom. The third-order valence-electron chi connectivity index (χ3n) is 3.42. The Labute approximate surface area is 131 Å². The lowest BCUT2D eigenvalue weighted by molar-refractivity contribution is 0.0696. The van der Waals surface area contributed by atoms with Crippen LogP contribution in [0, 0.1) is 0 Å². The van der Waals surface area contributed by atoms with Gasteiger partial charge in [-0.1, -0.05) is 13.0 Å². The van der Waals surface area contributed by atoms with Crippen LogP contribution in [0.3, 0.4) is 0 Å². The fraction of sp³-hybridized carbons (Fsp3) is 0.125. The Hall–Kier alpha value is -3.22. The summed E-state index contributed by atoms with van der Waals surface area (Å²) in [5, 5.41) is 19.7. The van der Waals surface area contributed by atoms with Gasteiger partial charge in [0.25, 0.3) is 5.91 Å². The number of carboxylic acid groups (broad SMARTS) is 1. The summed E-state index contributed by atoms with van der Waals surface area (Å²) in [5.41, 5.74) is 1.65. The molecule has 1 amide bonds. The van der Waals surface area contributed by atoms with Crippen molar-refractivity contribution in [2.24, 2.45) is 0 Å². The molecule has 0 saturated heterocycles. The maximum absolute atomic E-state index is 12.3. The SMILES string of the molecule is CCc1nnc2ccc(C(=O)Nc3cccc(C(=O)O)c3)cn12. The predicted octanol–water partition coefficient (Wildman–Crippen LogP) is 2.24. The molecular weight excluding hydrogens is 296 g/mol. The number of amides is 1. The number of anilines is 1. The van der Waals surface area contributed by atoms with Gasteiger partial charge in [-0.25, -0.2) is 4.79 Å². The third-order valence-corrected chi connectivity index (χ3v) is 3.42. The summed E-state index contributed by atoms with van der Waals surface area (Å²) in [5.74, 6) is -0.604. The highest BCUT2D eigenvalue weighted by Crippen LogP contribution is 2.13. The number of aromatic carboxylic acids is 1. The van der Waals surface area contributed by atoms with Gasteiger partial charge in [-0.2, -0.15) is 0 Å². The molecule has 0 aliphatic rings. The van der Waals surface area contributed by atoms with Gasteiger partial charge >= 0.3 is 5.97 Å². The van der Waals surface area contributed by atoms with Crippen LogP contribution >= 0.6 is 0 Å². The highest BCUT2D eigenvalue weighted by molar-refractivity contribution is 6.04. The smallest absolute Gasteiger partial charge is 0.335 e. The summed E-state index contributed by atoms with van der Waals surface area (Å²) in [6.07, 6.45) is 2.37. The molecule has 0 atom stereocenters. The minimum atomic E-state index is -1.04. The second-order valence-electron chi connectivity index (χ2n) is 4.96. The number of carbonyl (C=O) groups is 2. The van der Waals surface area contributed by atoms with Gasteiger partial charge in [-0.05, 0) is 30.3 Å². The monoisotopic (exact) mass is 310 g/mol. The summed E-state index contributed by atoms with van der Waals surface area (Å²) in [6.45, 7) is 1.96. The summed E-state index contributed by atoms with van der Waals surface area (Å²) >= 11 is 0. The zero-order valence-corrected chi connectivity index (χ0v) is 12.4. The summed E-state index contributed by atoms with van der Waals surface area (Å²) in [4.78, 5) is 23.3. The molecule has 116 valence electrons. The minimum Gasteiger partial charge on any atom is -0.478 e. The normalized spacial score (nSPS) is 10.7. The number of nitrogens with one attached hydrogen (secondary N) is 1. The highest BCUT2D eigenvalue weighted by Gasteiger charge is 2.11. The van der Waals surface area contributed by atoms with Gasteiger partial charge < -0.3 is 10.4 Å². The number of benzene rings is 1. The van der Waals surface area contributed by atoms with E-state index in [1.54, 1.807) is 34.9 Å². The van der Waals surface area contributed by atoms with Gasteiger partial charge in [0.1, 0.15) is 5.82 Å². The van der Waals surface area contributed by atoms with Crippen LogP contribution in [0.15, 0.2) is 42.6 Å². The lowest BCUT2D eigenvalue weighted by Crippen LogP contribution is -2.13. The van der Waals surface area contributed by atoms with Crippen LogP contribution in [0.1, 0.15) is 33.5 Å². The topological polar surface area (TPSA) is 96.6 Å². The number of pyridine rings is 1. The van der Waals surface area contributed by atoms with Gasteiger partial charge in [0, 0.05) is 18.3 Å². The van der Waals surface area contributed by atoms with E-state index in [0.29, 0.717) is 23.3 Å². The third kappa shape index (κ3) is 2.89. The van der Waals surface area contributed by atoms with Crippen molar-refractivity contribution in [1.82, 2.24) is 14.6 Å². The van der Waals surface area contributed by atoms with Crippen LogP contribution in [0.2, 0.25) is 0 Å². The van der Waals surface area contributed by atoms with Crippen molar-refractivity contribution < 1.29 is 14.7 Å². The Morgan fingerprint density at radius 3 is 2.74 bits per heavy atom. The molecule has 3 rings (SSSR count). The van der Waals surface area contributed by atoms with Crippen molar-refractivity contribution in [2.45, 2.75) is 13.3 Å². The van der Waals surface area contributed by atoms with Crippen molar-refractivity contribution >= 4 is 23.2 Å². The second-order valence-corrected chi connectivity index (χ2v) is 4.96. The number of hydrogen-bond acceptors (Lipinski definition) is 4. The number of carbonyl (C=O) groups excluding carboxylic acids is 1. The molecule has 3 aromatic rings. The predicted molar refractivity (Wildman–Crippen MR) is 83.7 cm³/mol. The molecule has 7 nitrogen and oxygen atoms in total. The number of aromatic nitrogens is 3. The number of rotatable bonds is 4. The highest BCUT2D eigenvalue weighted by atomic mass is 16.4. The van der Waals surface area contributed by atoms with Crippen LogP contribution in [0.25, 0.3) is 5.65 Å². The van der Waals surface area contributed by atoms with Gasteiger partial charge in [-0.3, -0.25) is 9.20 Å². The molecule has 2 heterocycles. The van der Waals surface area contributed by atoms with Crippen molar-refractivity contribution in [3.63, 3.8) is 0 Å². The number of fused-ring (bicyclic) bond motifs is 1. The number of aryl methyl sites for hydroxylation is 1. The average Bonchev–Trinajstić information content (AvgIpc) is 2.97. The van der Waals surface area contributed by atoms with E-state index in [9.17, 15) is 9.59 Å². The van der Waals surface area contributed by atoms with Crippen LogP contribution in [-0.2, 0) is 6.42 Å². The van der Waals surface area contributed by atoms with E-state index >= 15 is 0 Å². The number of hydrogen-bond donors (Lipinski definition) is 2. The average molecular weight is 310 g/mol. The molecule has 0 fully saturated rings. The molecule has 2 N–H and O–H groups in total. The van der Waals surface area contributed by atoms with Crippen LogP contribution < -0.4 is 5.32 Å². The standard InChI is InChI=1S/C16H14N4O3/c1-2-13-18-19-14-7-6-11(9-20(13)14)15(21)17-12-5-3-4-10(8-12)16(22)23/h3-9H,2H2,1H3,(H,17,21)(H,22,23). The molecule has 0 spiro atoms. The van der Waals surface area contributed by atoms with E-state index in [-0.39, 0.29) is 11.5 Å². The fourth-order valence-corrected chi connectivity index (χ4v) is 2.25. The van der Waals surface area contributed by atoms with Crippen LogP contribution in [-0.4, -0.2) is 31.6 Å². The minimum absolute atomic E-state index is 0.116. The maximum Gasteiger partial charge on any atom is 0.335 e. The van der Waals surface area contributed by atoms with Crippen LogP contribution in [0.4, 0.5) is 5.69 Å². The van der Waals surface area contributed by atoms with E-state index < -0.39 is 5.97 Å². The molecule has 0 aliphatic carbocycles. The number of nitrogens with zero attached hydrogens (tertiary/aromatic N) is 3. The Morgan fingerprint density at radius 1 is 1.17 bits per heavy atom. The molecule has 0 radical (unpaired) electrons. The van der Waals surface area contributed by atoms with E-state index in [2.05, 4.69) is 15.5 Å². The summed E-state index contributed by atoms with van der Waals surface area (Å²) < 4.78 is 1.77. The van der Waals surface area contributed by atoms with E-state index in [4.69, 9.17) is 5.11 Å². The van der Waals surface area contributed by atoms with E-state index in [0.717, 1.165) is 5.82 Å². The second kappa shape index (κ2) is 5.88. The summed E-state index contributed by atoms with van der Waals surface area (Å²) in [6, 6.07) is 9.47. The lowest BCUT2D eigenvalue weighted by atomic mass is 10.2. The molecule has 2 aromatic heterocycles. The van der Waals surface area contributed by atoms with Gasteiger partial charge in [0.15, 0.2) is 5.65 Å². The molecule has 23 heavy (non-hydrogen) atoms. The van der Waals surface area contributed by atoms with Gasteiger partial charge in [0.05, 0.1) is 11.1 Å². The quantitative estimate of drug-likeness (QED) is 0.770. The van der Waals surface area contributed by atoms with Crippen LogP contribution in [0.5, 0.6) is 0 Å². The summed E-state index contributed by atoms with van der Waals surface area (Å²) in [7, 11) is 0. The van der Waals surface area contributed by atoms with Crippen molar-refractivity contribution in [2.75, 3.05) is 5.32 Å². The molecule has 0 aliphatic heterocycles. The first-order chi connectivity index (χ1) is 11.1. The van der Waals surface area contributed by atoms with E-state index in [1.807, 2.05) is 6.92 Å².